The molecule has 1 fully saturated rings. The normalized spacial score (nSPS) is 19.0. The number of benzene rings is 2. The van der Waals surface area contributed by atoms with Crippen molar-refractivity contribution in [3.8, 4) is 0 Å². The van der Waals surface area contributed by atoms with Crippen LogP contribution in [-0.4, -0.2) is 42.1 Å². The molecule has 2 aromatic rings. The van der Waals surface area contributed by atoms with Crippen molar-refractivity contribution < 1.29 is 19.1 Å². The van der Waals surface area contributed by atoms with E-state index in [1.807, 2.05) is 36.4 Å². The highest BCUT2D eigenvalue weighted by atomic mass is 16.6. The number of carbonyl (C=O) groups is 3. The molecular weight excluding hydrogens is 454 g/mol. The van der Waals surface area contributed by atoms with Gasteiger partial charge in [-0.3, -0.25) is 9.59 Å². The molecule has 1 heterocycles. The fourth-order valence-corrected chi connectivity index (χ4v) is 4.91. The Labute approximate surface area is 213 Å². The van der Waals surface area contributed by atoms with Crippen molar-refractivity contribution in [2.75, 3.05) is 11.4 Å². The second-order valence-corrected chi connectivity index (χ2v) is 10.8. The molecule has 2 aliphatic rings. The second-order valence-electron chi connectivity index (χ2n) is 10.8. The summed E-state index contributed by atoms with van der Waals surface area (Å²) in [5, 5.41) is 6.24. The lowest BCUT2D eigenvalue weighted by Crippen LogP contribution is -2.48. The average Bonchev–Trinajstić information content (AvgIpc) is 3.48. The van der Waals surface area contributed by atoms with Crippen LogP contribution in [0.5, 0.6) is 0 Å². The van der Waals surface area contributed by atoms with Gasteiger partial charge in [0.25, 0.3) is 5.91 Å². The molecule has 2 N–H and O–H groups in total. The number of hydrogen-bond donors (Lipinski definition) is 2. The predicted molar refractivity (Wildman–Crippen MR) is 140 cm³/mol. The number of amides is 3. The van der Waals surface area contributed by atoms with E-state index in [1.54, 1.807) is 20.8 Å². The number of nitrogens with zero attached hydrogens (tertiary/aromatic N) is 1. The SMILES string of the molecule is CC(C)(C)OC(=O)N(C(=O)[C@@H]1C[C@H](NC(=O)CCCc2ccccc2)CN1)c1ccc2c(c1)CCC2. The third kappa shape index (κ3) is 6.72. The van der Waals surface area contributed by atoms with Gasteiger partial charge in [-0.05, 0) is 88.1 Å². The Hall–Kier alpha value is -3.19. The van der Waals surface area contributed by atoms with E-state index in [9.17, 15) is 14.4 Å². The molecule has 36 heavy (non-hydrogen) atoms. The van der Waals surface area contributed by atoms with Crippen molar-refractivity contribution in [3.63, 3.8) is 0 Å². The highest BCUT2D eigenvalue weighted by Gasteiger charge is 2.38. The highest BCUT2D eigenvalue weighted by molar-refractivity contribution is 6.14. The molecule has 7 nitrogen and oxygen atoms in total. The van der Waals surface area contributed by atoms with Crippen molar-refractivity contribution >= 4 is 23.6 Å². The Morgan fingerprint density at radius 2 is 1.81 bits per heavy atom. The number of fused-ring (bicyclic) bond motifs is 1. The van der Waals surface area contributed by atoms with Crippen molar-refractivity contribution in [2.24, 2.45) is 0 Å². The van der Waals surface area contributed by atoms with Gasteiger partial charge in [0.05, 0.1) is 11.7 Å². The Bertz CT molecular complexity index is 1090. The summed E-state index contributed by atoms with van der Waals surface area (Å²) in [7, 11) is 0. The van der Waals surface area contributed by atoms with Gasteiger partial charge in [-0.2, -0.15) is 0 Å². The van der Waals surface area contributed by atoms with Gasteiger partial charge < -0.3 is 15.4 Å². The van der Waals surface area contributed by atoms with Crippen molar-refractivity contribution in [1.82, 2.24) is 10.6 Å². The number of imide groups is 1. The number of ether oxygens (including phenoxy) is 1. The second kappa shape index (κ2) is 11.2. The first-order chi connectivity index (χ1) is 17.2. The third-order valence-corrected chi connectivity index (χ3v) is 6.64. The van der Waals surface area contributed by atoms with E-state index in [-0.39, 0.29) is 17.9 Å². The molecule has 0 bridgehead atoms. The van der Waals surface area contributed by atoms with Crippen LogP contribution in [0.4, 0.5) is 10.5 Å². The van der Waals surface area contributed by atoms with Crippen LogP contribution in [0.15, 0.2) is 48.5 Å². The fraction of sp³-hybridized carbons (Fsp3) is 0.483. The Balaban J connectivity index is 1.37. The van der Waals surface area contributed by atoms with E-state index >= 15 is 0 Å². The highest BCUT2D eigenvalue weighted by Crippen LogP contribution is 2.29. The zero-order chi connectivity index (χ0) is 25.7. The average molecular weight is 492 g/mol. The van der Waals surface area contributed by atoms with Crippen LogP contribution in [0, 0.1) is 0 Å². The van der Waals surface area contributed by atoms with Crippen molar-refractivity contribution in [1.29, 1.82) is 0 Å². The van der Waals surface area contributed by atoms with E-state index < -0.39 is 17.7 Å². The van der Waals surface area contributed by atoms with Gasteiger partial charge in [-0.15, -0.1) is 0 Å². The van der Waals surface area contributed by atoms with E-state index in [4.69, 9.17) is 4.74 Å². The lowest BCUT2D eigenvalue weighted by Gasteiger charge is -2.28. The van der Waals surface area contributed by atoms with Crippen LogP contribution >= 0.6 is 0 Å². The number of nitrogens with one attached hydrogen (secondary N) is 2. The summed E-state index contributed by atoms with van der Waals surface area (Å²) in [4.78, 5) is 40.4. The summed E-state index contributed by atoms with van der Waals surface area (Å²) in [6.07, 6.45) is 4.84. The summed E-state index contributed by atoms with van der Waals surface area (Å²) >= 11 is 0. The molecule has 2 atom stereocenters. The molecule has 1 aliphatic heterocycles. The Morgan fingerprint density at radius 1 is 1.06 bits per heavy atom. The molecule has 1 aliphatic carbocycles. The van der Waals surface area contributed by atoms with Gasteiger partial charge in [0.1, 0.15) is 5.60 Å². The number of aryl methyl sites for hydroxylation is 3. The van der Waals surface area contributed by atoms with Gasteiger partial charge in [0.2, 0.25) is 5.91 Å². The molecule has 7 heteroatoms. The molecule has 2 aromatic carbocycles. The Kier molecular flexibility index (Phi) is 8.09. The first kappa shape index (κ1) is 25.9. The minimum Gasteiger partial charge on any atom is -0.443 e. The summed E-state index contributed by atoms with van der Waals surface area (Å²) in [6.45, 7) is 5.83. The largest absolute Gasteiger partial charge is 0.443 e. The van der Waals surface area contributed by atoms with Gasteiger partial charge in [0, 0.05) is 19.0 Å². The molecule has 0 aromatic heterocycles. The lowest BCUT2D eigenvalue weighted by molar-refractivity contribution is -0.122. The summed E-state index contributed by atoms with van der Waals surface area (Å²) < 4.78 is 5.60. The maximum Gasteiger partial charge on any atom is 0.421 e. The molecule has 1 saturated heterocycles. The summed E-state index contributed by atoms with van der Waals surface area (Å²) in [5.74, 6) is -0.378. The number of hydrogen-bond acceptors (Lipinski definition) is 5. The zero-order valence-corrected chi connectivity index (χ0v) is 21.5. The molecule has 0 radical (unpaired) electrons. The van der Waals surface area contributed by atoms with Gasteiger partial charge in [-0.1, -0.05) is 36.4 Å². The lowest BCUT2D eigenvalue weighted by atomic mass is 10.1. The predicted octanol–water partition coefficient (Wildman–Crippen LogP) is 4.31. The number of rotatable bonds is 7. The van der Waals surface area contributed by atoms with Gasteiger partial charge in [-0.25, -0.2) is 9.69 Å². The molecule has 0 saturated carbocycles. The maximum absolute atomic E-state index is 13.6. The van der Waals surface area contributed by atoms with E-state index in [0.29, 0.717) is 25.1 Å². The van der Waals surface area contributed by atoms with Crippen LogP contribution in [0.1, 0.15) is 63.1 Å². The number of anilines is 1. The van der Waals surface area contributed by atoms with Crippen molar-refractivity contribution in [2.45, 2.75) is 83.4 Å². The summed E-state index contributed by atoms with van der Waals surface area (Å²) in [5.41, 5.74) is 3.46. The topological polar surface area (TPSA) is 87.7 Å². The van der Waals surface area contributed by atoms with Crippen LogP contribution in [0.3, 0.4) is 0 Å². The van der Waals surface area contributed by atoms with Crippen LogP contribution in [-0.2, 0) is 33.6 Å². The first-order valence-corrected chi connectivity index (χ1v) is 12.9. The van der Waals surface area contributed by atoms with Crippen LogP contribution in [0.25, 0.3) is 0 Å². The molecular formula is C29H37N3O4. The smallest absolute Gasteiger partial charge is 0.421 e. The summed E-state index contributed by atoms with van der Waals surface area (Å²) in [6, 6.07) is 15.1. The molecule has 3 amide bonds. The fourth-order valence-electron chi connectivity index (χ4n) is 4.91. The third-order valence-electron chi connectivity index (χ3n) is 6.64. The quantitative estimate of drug-likeness (QED) is 0.603. The first-order valence-electron chi connectivity index (χ1n) is 12.9. The standard InChI is InChI=1S/C29H37N3O4/c1-29(2,3)36-28(35)32(24-16-15-21-12-8-13-22(21)17-24)27(34)25-18-23(19-30-25)31-26(33)14-7-11-20-9-5-4-6-10-20/h4-6,9-10,15-17,23,25,30H,7-8,11-14,18-19H2,1-3H3,(H,31,33)/t23-,25-/m0/s1. The van der Waals surface area contributed by atoms with Crippen LogP contribution < -0.4 is 15.5 Å². The molecule has 4 rings (SSSR count). The van der Waals surface area contributed by atoms with E-state index in [2.05, 4.69) is 22.8 Å². The van der Waals surface area contributed by atoms with E-state index in [1.165, 1.54) is 16.7 Å². The minimum absolute atomic E-state index is 0.0200. The maximum atomic E-state index is 13.6. The zero-order valence-electron chi connectivity index (χ0n) is 21.5. The minimum atomic E-state index is -0.730. The molecule has 0 unspecified atom stereocenters. The van der Waals surface area contributed by atoms with Crippen molar-refractivity contribution in [3.05, 3.63) is 65.2 Å². The number of carbonyl (C=O) groups excluding carboxylic acids is 3. The molecule has 0 spiro atoms. The van der Waals surface area contributed by atoms with Crippen LogP contribution in [0.2, 0.25) is 0 Å². The van der Waals surface area contributed by atoms with Gasteiger partial charge in [0.15, 0.2) is 0 Å². The molecule has 192 valence electrons. The monoisotopic (exact) mass is 491 g/mol. The van der Waals surface area contributed by atoms with E-state index in [0.717, 1.165) is 37.0 Å². The Morgan fingerprint density at radius 3 is 2.56 bits per heavy atom. The van der Waals surface area contributed by atoms with Gasteiger partial charge >= 0.3 is 6.09 Å².